The number of imidazole rings is 1. The average Bonchev–Trinajstić information content (AvgIpc) is 3.59. The van der Waals surface area contributed by atoms with Gasteiger partial charge in [-0.1, -0.05) is 6.07 Å². The maximum Gasteiger partial charge on any atom is 0.378 e. The van der Waals surface area contributed by atoms with Gasteiger partial charge < -0.3 is 30.5 Å². The van der Waals surface area contributed by atoms with Gasteiger partial charge in [0.25, 0.3) is 0 Å². The molecule has 4 aromatic heterocycles. The molecular formula is C18H19ClN11O6+. The van der Waals surface area contributed by atoms with Crippen molar-refractivity contribution >= 4 is 34.6 Å². The lowest BCUT2D eigenvalue weighted by molar-refractivity contribution is -0.885. The molecule has 0 bridgehead atoms. The summed E-state index contributed by atoms with van der Waals surface area (Å²) in [6.45, 7) is -0.473. The molecule has 0 spiro atoms. The van der Waals surface area contributed by atoms with Crippen molar-refractivity contribution in [3.05, 3.63) is 41.7 Å². The lowest BCUT2D eigenvalue weighted by atomic mass is 10.0. The number of aromatic amines is 1. The second-order valence-electron chi connectivity index (χ2n) is 7.88. The normalized spacial score (nSPS) is 23.6. The Balaban J connectivity index is 1.42. The van der Waals surface area contributed by atoms with Crippen LogP contribution in [0.4, 0.5) is 5.82 Å². The van der Waals surface area contributed by atoms with Crippen LogP contribution in [0.1, 0.15) is 11.8 Å². The number of aliphatic hydroxyl groups excluding tert-OH is 2. The average molecular weight is 521 g/mol. The summed E-state index contributed by atoms with van der Waals surface area (Å²) < 4.78 is 13.0. The molecule has 6 N–H and O–H groups in total. The summed E-state index contributed by atoms with van der Waals surface area (Å²) in [4.78, 5) is 29.3. The van der Waals surface area contributed by atoms with Gasteiger partial charge in [-0.2, -0.15) is 9.97 Å². The predicted octanol–water partition coefficient (Wildman–Crippen LogP) is -2.43. The molecular weight excluding hydrogens is 502 g/mol. The number of hydrogen-bond donors (Lipinski definition) is 5. The third kappa shape index (κ3) is 4.07. The van der Waals surface area contributed by atoms with Crippen LogP contribution in [0, 0.1) is 0 Å². The highest BCUT2D eigenvalue weighted by Crippen LogP contribution is 2.33. The molecule has 1 unspecified atom stereocenters. The summed E-state index contributed by atoms with van der Waals surface area (Å²) in [5, 5.41) is 44.2. The van der Waals surface area contributed by atoms with Gasteiger partial charge in [-0.25, -0.2) is 9.78 Å². The van der Waals surface area contributed by atoms with Crippen molar-refractivity contribution < 1.29 is 34.4 Å². The molecule has 18 heteroatoms. The van der Waals surface area contributed by atoms with E-state index in [0.29, 0.717) is 5.56 Å². The second kappa shape index (κ2) is 9.28. The SMILES string of the molecule is Nc1nc(Cl)nc2c1ncn2[C@@H]1O[C@H](COC(Cc2cccnc2)(C(=O)O)[n+]2nnn[nH]2)[C@@H](O)[C@H]1O. The number of nitrogens with zero attached hydrogens (tertiary/aromatic N) is 9. The largest absolute Gasteiger partial charge is 0.476 e. The van der Waals surface area contributed by atoms with Crippen molar-refractivity contribution in [1.82, 2.24) is 45.4 Å². The van der Waals surface area contributed by atoms with Gasteiger partial charge in [-0.05, 0) is 33.2 Å². The number of aliphatic carboxylic acids is 1. The van der Waals surface area contributed by atoms with Gasteiger partial charge in [-0.3, -0.25) is 9.55 Å². The maximum atomic E-state index is 12.5. The van der Waals surface area contributed by atoms with Gasteiger partial charge in [0.2, 0.25) is 15.7 Å². The number of hydrogen-bond acceptors (Lipinski definition) is 13. The Morgan fingerprint density at radius 1 is 1.36 bits per heavy atom. The molecule has 5 atom stereocenters. The zero-order valence-corrected chi connectivity index (χ0v) is 18.9. The molecule has 0 aromatic carbocycles. The van der Waals surface area contributed by atoms with Crippen molar-refractivity contribution in [3.8, 4) is 0 Å². The van der Waals surface area contributed by atoms with E-state index in [4.69, 9.17) is 26.8 Å². The van der Waals surface area contributed by atoms with Crippen LogP contribution in [0.25, 0.3) is 11.2 Å². The molecule has 17 nitrogen and oxygen atoms in total. The summed E-state index contributed by atoms with van der Waals surface area (Å²) in [5.41, 5.74) is 4.57. The Hall–Kier alpha value is -3.90. The summed E-state index contributed by atoms with van der Waals surface area (Å²) in [7, 11) is 0. The molecule has 1 aliphatic rings. The number of halogens is 1. The van der Waals surface area contributed by atoms with Gasteiger partial charge in [-0.15, -0.1) is 0 Å². The van der Waals surface area contributed by atoms with E-state index < -0.39 is 42.8 Å². The zero-order chi connectivity index (χ0) is 25.4. The Labute approximate surface area is 205 Å². The van der Waals surface area contributed by atoms with Crippen LogP contribution in [0.2, 0.25) is 5.28 Å². The van der Waals surface area contributed by atoms with Gasteiger partial charge >= 0.3 is 11.7 Å². The Morgan fingerprint density at radius 3 is 2.89 bits per heavy atom. The highest BCUT2D eigenvalue weighted by molar-refractivity contribution is 6.28. The molecule has 1 aliphatic heterocycles. The summed E-state index contributed by atoms with van der Waals surface area (Å²) in [6, 6.07) is 3.29. The number of carbonyl (C=O) groups is 1. The van der Waals surface area contributed by atoms with E-state index in [1.165, 1.54) is 23.3 Å². The highest BCUT2D eigenvalue weighted by Gasteiger charge is 2.52. The number of carboxylic acid groups (broad SMARTS) is 1. The number of aliphatic hydroxyl groups is 2. The number of nitrogen functional groups attached to an aromatic ring is 1. The number of nitrogens with two attached hydrogens (primary N) is 1. The van der Waals surface area contributed by atoms with E-state index in [1.807, 2.05) is 0 Å². The number of anilines is 1. The molecule has 5 rings (SSSR count). The number of pyridine rings is 1. The summed E-state index contributed by atoms with van der Waals surface area (Å²) in [6.07, 6.45) is -1.18. The van der Waals surface area contributed by atoms with Crippen molar-refractivity contribution in [2.24, 2.45) is 0 Å². The third-order valence-electron chi connectivity index (χ3n) is 5.68. The number of carboxylic acids is 1. The Bertz CT molecular complexity index is 1370. The van der Waals surface area contributed by atoms with Crippen LogP contribution < -0.4 is 10.5 Å². The molecule has 5 heterocycles. The van der Waals surface area contributed by atoms with Gasteiger partial charge in [0.1, 0.15) is 29.0 Å². The first kappa shape index (κ1) is 23.8. The van der Waals surface area contributed by atoms with Crippen molar-refractivity contribution in [1.29, 1.82) is 0 Å². The van der Waals surface area contributed by atoms with Crippen LogP contribution >= 0.6 is 11.6 Å². The first-order valence-electron chi connectivity index (χ1n) is 10.4. The maximum absolute atomic E-state index is 12.5. The van der Waals surface area contributed by atoms with Crippen molar-refractivity contribution in [2.45, 2.75) is 36.7 Å². The standard InChI is InChI=1S/C18H18ClN11O6/c19-17-23-13(20)10-14(24-17)29(7-22-10)15-12(32)11(31)9(36-15)6-35-18(16(33)34,30-27-25-26-28-30)4-8-2-1-3-21-5-8/h1-3,5,7,9,11-12,15,31-32H,4,6H2,(H3,20,23,24,33,34)/p+1/t9-,11-,12-,15-,18?/m1/s1. The lowest BCUT2D eigenvalue weighted by Gasteiger charge is -2.26. The summed E-state index contributed by atoms with van der Waals surface area (Å²) >= 11 is 5.90. The van der Waals surface area contributed by atoms with Crippen LogP contribution in [0.3, 0.4) is 0 Å². The van der Waals surface area contributed by atoms with Crippen LogP contribution in [0.15, 0.2) is 30.9 Å². The lowest BCUT2D eigenvalue weighted by Crippen LogP contribution is -2.67. The van der Waals surface area contributed by atoms with Crippen LogP contribution in [-0.2, 0) is 26.4 Å². The van der Waals surface area contributed by atoms with Crippen molar-refractivity contribution in [2.75, 3.05) is 12.3 Å². The van der Waals surface area contributed by atoms with Crippen LogP contribution in [-0.4, -0.2) is 91.6 Å². The second-order valence-corrected chi connectivity index (χ2v) is 8.22. The molecule has 36 heavy (non-hydrogen) atoms. The topological polar surface area (TPSA) is 237 Å². The van der Waals surface area contributed by atoms with Gasteiger partial charge in [0, 0.05) is 12.4 Å². The molecule has 4 aromatic rings. The minimum Gasteiger partial charge on any atom is -0.476 e. The molecule has 1 saturated heterocycles. The van der Waals surface area contributed by atoms with E-state index in [9.17, 15) is 20.1 Å². The van der Waals surface area contributed by atoms with E-state index in [-0.39, 0.29) is 28.7 Å². The van der Waals surface area contributed by atoms with E-state index in [1.54, 1.807) is 12.1 Å². The summed E-state index contributed by atoms with van der Waals surface area (Å²) in [5.74, 6) is -1.40. The number of rotatable bonds is 8. The quantitative estimate of drug-likeness (QED) is 0.120. The highest BCUT2D eigenvalue weighted by atomic mass is 35.5. The number of aromatic nitrogens is 10. The first-order valence-corrected chi connectivity index (χ1v) is 10.8. The first-order chi connectivity index (χ1) is 17.3. The number of fused-ring (bicyclic) bond motifs is 1. The fourth-order valence-electron chi connectivity index (χ4n) is 3.90. The fraction of sp³-hybridized carbons (Fsp3) is 0.389. The van der Waals surface area contributed by atoms with E-state index in [0.717, 1.165) is 4.80 Å². The van der Waals surface area contributed by atoms with Gasteiger partial charge in [0.05, 0.1) is 19.4 Å². The Kier molecular flexibility index (Phi) is 6.14. The molecule has 0 saturated carbocycles. The Morgan fingerprint density at radius 2 is 2.19 bits per heavy atom. The van der Waals surface area contributed by atoms with E-state index in [2.05, 4.69) is 40.8 Å². The third-order valence-corrected chi connectivity index (χ3v) is 5.84. The fourth-order valence-corrected chi connectivity index (χ4v) is 4.07. The van der Waals surface area contributed by atoms with Crippen LogP contribution in [0.5, 0.6) is 0 Å². The zero-order valence-electron chi connectivity index (χ0n) is 18.2. The molecule has 188 valence electrons. The predicted molar refractivity (Wildman–Crippen MR) is 115 cm³/mol. The minimum atomic E-state index is -2.16. The van der Waals surface area contributed by atoms with Crippen molar-refractivity contribution in [3.63, 3.8) is 0 Å². The number of ether oxygens (including phenoxy) is 2. The molecule has 1 fully saturated rings. The van der Waals surface area contributed by atoms with Gasteiger partial charge in [0.15, 0.2) is 17.7 Å². The monoisotopic (exact) mass is 520 g/mol. The molecule has 0 amide bonds. The number of H-pyrrole nitrogens is 1. The number of nitrogens with one attached hydrogen (secondary N) is 1. The van der Waals surface area contributed by atoms with E-state index >= 15 is 0 Å². The smallest absolute Gasteiger partial charge is 0.378 e. The molecule has 0 radical (unpaired) electrons. The molecule has 0 aliphatic carbocycles. The minimum absolute atomic E-state index is 0.0241.